The maximum absolute atomic E-state index is 6.52. The van der Waals surface area contributed by atoms with E-state index in [-0.39, 0.29) is 5.54 Å². The van der Waals surface area contributed by atoms with Gasteiger partial charge < -0.3 is 10.7 Å². The molecule has 0 atom stereocenters. The Morgan fingerprint density at radius 3 is 2.75 bits per heavy atom. The van der Waals surface area contributed by atoms with Crippen molar-refractivity contribution in [2.75, 3.05) is 0 Å². The smallest absolute Gasteiger partial charge is 0.0487 e. The molecule has 3 N–H and O–H groups in total. The topological polar surface area (TPSA) is 41.8 Å². The van der Waals surface area contributed by atoms with Gasteiger partial charge in [-0.15, -0.1) is 0 Å². The van der Waals surface area contributed by atoms with Crippen molar-refractivity contribution in [2.45, 2.75) is 38.1 Å². The molecule has 0 saturated heterocycles. The van der Waals surface area contributed by atoms with Crippen molar-refractivity contribution >= 4 is 10.9 Å². The van der Waals surface area contributed by atoms with E-state index in [0.29, 0.717) is 0 Å². The fourth-order valence-electron chi connectivity index (χ4n) is 2.99. The monoisotopic (exact) mass is 214 g/mol. The molecule has 0 bridgehead atoms. The van der Waals surface area contributed by atoms with E-state index in [1.165, 1.54) is 34.9 Å². The molecular weight excluding hydrogens is 196 g/mol. The van der Waals surface area contributed by atoms with Gasteiger partial charge in [0.2, 0.25) is 0 Å². The van der Waals surface area contributed by atoms with Crippen molar-refractivity contribution in [3.63, 3.8) is 0 Å². The SMILES string of the molecule is Cc1cccc2c(C3(N)CCCC3)c[nH]c12. The second kappa shape index (κ2) is 3.36. The van der Waals surface area contributed by atoms with Gasteiger partial charge in [-0.1, -0.05) is 31.0 Å². The fourth-order valence-corrected chi connectivity index (χ4v) is 2.99. The lowest BCUT2D eigenvalue weighted by molar-refractivity contribution is 0.466. The molecule has 1 aliphatic rings. The molecule has 0 amide bonds. The quantitative estimate of drug-likeness (QED) is 0.752. The second-order valence-corrected chi connectivity index (χ2v) is 5.06. The van der Waals surface area contributed by atoms with Gasteiger partial charge in [0, 0.05) is 22.6 Å². The number of hydrogen-bond donors (Lipinski definition) is 2. The van der Waals surface area contributed by atoms with Crippen LogP contribution in [0.2, 0.25) is 0 Å². The summed E-state index contributed by atoms with van der Waals surface area (Å²) in [6, 6.07) is 6.44. The van der Waals surface area contributed by atoms with E-state index >= 15 is 0 Å². The molecule has 0 radical (unpaired) electrons. The Morgan fingerprint density at radius 1 is 1.25 bits per heavy atom. The summed E-state index contributed by atoms with van der Waals surface area (Å²) in [4.78, 5) is 3.38. The zero-order chi connectivity index (χ0) is 11.2. The Balaban J connectivity index is 2.21. The summed E-state index contributed by atoms with van der Waals surface area (Å²) in [5, 5.41) is 1.31. The van der Waals surface area contributed by atoms with Gasteiger partial charge in [0.05, 0.1) is 0 Å². The van der Waals surface area contributed by atoms with Crippen molar-refractivity contribution < 1.29 is 0 Å². The van der Waals surface area contributed by atoms with Gasteiger partial charge in [-0.05, 0) is 30.9 Å². The van der Waals surface area contributed by atoms with E-state index in [0.717, 1.165) is 12.8 Å². The zero-order valence-corrected chi connectivity index (χ0v) is 9.72. The molecule has 1 aromatic carbocycles. The van der Waals surface area contributed by atoms with Crippen LogP contribution in [0, 0.1) is 6.92 Å². The van der Waals surface area contributed by atoms with Gasteiger partial charge in [0.15, 0.2) is 0 Å². The van der Waals surface area contributed by atoms with Gasteiger partial charge in [0.1, 0.15) is 0 Å². The number of hydrogen-bond acceptors (Lipinski definition) is 1. The molecule has 16 heavy (non-hydrogen) atoms. The van der Waals surface area contributed by atoms with E-state index < -0.39 is 0 Å². The Bertz CT molecular complexity index is 519. The van der Waals surface area contributed by atoms with Gasteiger partial charge in [0.25, 0.3) is 0 Å². The van der Waals surface area contributed by atoms with Crippen LogP contribution in [0.15, 0.2) is 24.4 Å². The summed E-state index contributed by atoms with van der Waals surface area (Å²) >= 11 is 0. The van der Waals surface area contributed by atoms with E-state index in [4.69, 9.17) is 5.73 Å². The van der Waals surface area contributed by atoms with Crippen molar-refractivity contribution in [3.8, 4) is 0 Å². The molecule has 0 aliphatic heterocycles. The van der Waals surface area contributed by atoms with Crippen LogP contribution < -0.4 is 5.73 Å². The number of H-pyrrole nitrogens is 1. The predicted molar refractivity (Wildman–Crippen MR) is 67.4 cm³/mol. The molecule has 1 heterocycles. The van der Waals surface area contributed by atoms with Crippen LogP contribution in [0.25, 0.3) is 10.9 Å². The highest BCUT2D eigenvalue weighted by molar-refractivity contribution is 5.86. The molecule has 84 valence electrons. The van der Waals surface area contributed by atoms with Crippen molar-refractivity contribution in [1.82, 2.24) is 4.98 Å². The lowest BCUT2D eigenvalue weighted by Gasteiger charge is -2.23. The standard InChI is InChI=1S/C14H18N2/c1-10-5-4-6-11-12(9-16-13(10)11)14(15)7-2-3-8-14/h4-6,9,16H,2-3,7-8,15H2,1H3. The van der Waals surface area contributed by atoms with Crippen LogP contribution in [0.1, 0.15) is 36.8 Å². The van der Waals surface area contributed by atoms with Crippen LogP contribution in [0.4, 0.5) is 0 Å². The normalized spacial score (nSPS) is 19.4. The third-order valence-electron chi connectivity index (χ3n) is 3.96. The average Bonchev–Trinajstić information content (AvgIpc) is 2.85. The molecule has 0 unspecified atom stereocenters. The highest BCUT2D eigenvalue weighted by Gasteiger charge is 2.33. The van der Waals surface area contributed by atoms with Gasteiger partial charge in [-0.25, -0.2) is 0 Å². The summed E-state index contributed by atoms with van der Waals surface area (Å²) in [6.07, 6.45) is 6.87. The maximum atomic E-state index is 6.52. The number of benzene rings is 1. The molecule has 1 saturated carbocycles. The van der Waals surface area contributed by atoms with Gasteiger partial charge >= 0.3 is 0 Å². The Morgan fingerprint density at radius 2 is 2.00 bits per heavy atom. The number of para-hydroxylation sites is 1. The van der Waals surface area contributed by atoms with E-state index in [1.807, 2.05) is 0 Å². The van der Waals surface area contributed by atoms with Gasteiger partial charge in [-0.3, -0.25) is 0 Å². The lowest BCUT2D eigenvalue weighted by Crippen LogP contribution is -2.32. The number of nitrogens with two attached hydrogens (primary N) is 1. The third kappa shape index (κ3) is 1.30. The summed E-state index contributed by atoms with van der Waals surface area (Å²) < 4.78 is 0. The van der Waals surface area contributed by atoms with Crippen LogP contribution >= 0.6 is 0 Å². The van der Waals surface area contributed by atoms with Crippen LogP contribution in [0.3, 0.4) is 0 Å². The predicted octanol–water partition coefficient (Wildman–Crippen LogP) is 3.20. The maximum Gasteiger partial charge on any atom is 0.0487 e. The fraction of sp³-hybridized carbons (Fsp3) is 0.429. The first-order valence-electron chi connectivity index (χ1n) is 6.07. The molecule has 3 rings (SSSR count). The first-order chi connectivity index (χ1) is 7.71. The molecule has 2 heteroatoms. The van der Waals surface area contributed by atoms with Crippen LogP contribution in [0.5, 0.6) is 0 Å². The van der Waals surface area contributed by atoms with Crippen LogP contribution in [-0.2, 0) is 5.54 Å². The number of fused-ring (bicyclic) bond motifs is 1. The summed E-state index contributed by atoms with van der Waals surface area (Å²) in [6.45, 7) is 2.14. The molecule has 2 nitrogen and oxygen atoms in total. The summed E-state index contributed by atoms with van der Waals surface area (Å²) in [5.41, 5.74) is 10.3. The minimum atomic E-state index is -0.0912. The number of aromatic nitrogens is 1. The number of aryl methyl sites for hydroxylation is 1. The Labute approximate surface area is 95.8 Å². The minimum absolute atomic E-state index is 0.0912. The first-order valence-corrected chi connectivity index (χ1v) is 6.07. The average molecular weight is 214 g/mol. The largest absolute Gasteiger partial charge is 0.361 e. The molecule has 2 aromatic rings. The van der Waals surface area contributed by atoms with Crippen molar-refractivity contribution in [3.05, 3.63) is 35.5 Å². The molecule has 1 fully saturated rings. The molecular formula is C14H18N2. The van der Waals surface area contributed by atoms with Gasteiger partial charge in [-0.2, -0.15) is 0 Å². The molecule has 1 aliphatic carbocycles. The highest BCUT2D eigenvalue weighted by atomic mass is 14.8. The number of rotatable bonds is 1. The number of aromatic amines is 1. The van der Waals surface area contributed by atoms with Crippen molar-refractivity contribution in [1.29, 1.82) is 0 Å². The van der Waals surface area contributed by atoms with Crippen molar-refractivity contribution in [2.24, 2.45) is 5.73 Å². The Hall–Kier alpha value is -1.28. The Kier molecular flexibility index (Phi) is 2.08. The lowest BCUT2D eigenvalue weighted by atomic mass is 9.89. The number of nitrogens with one attached hydrogen (secondary N) is 1. The van der Waals surface area contributed by atoms with Crippen LogP contribution in [-0.4, -0.2) is 4.98 Å². The first kappa shape index (κ1) is 9.91. The molecule has 1 aromatic heterocycles. The zero-order valence-electron chi connectivity index (χ0n) is 9.72. The minimum Gasteiger partial charge on any atom is -0.361 e. The summed E-state index contributed by atoms with van der Waals surface area (Å²) in [7, 11) is 0. The second-order valence-electron chi connectivity index (χ2n) is 5.06. The highest BCUT2D eigenvalue weighted by Crippen LogP contribution is 2.39. The van der Waals surface area contributed by atoms with E-state index in [2.05, 4.69) is 36.3 Å². The van der Waals surface area contributed by atoms with E-state index in [9.17, 15) is 0 Å². The third-order valence-corrected chi connectivity index (χ3v) is 3.96. The molecule has 0 spiro atoms. The summed E-state index contributed by atoms with van der Waals surface area (Å²) in [5.74, 6) is 0. The van der Waals surface area contributed by atoms with E-state index in [1.54, 1.807) is 0 Å².